The van der Waals surface area contributed by atoms with E-state index in [1.807, 2.05) is 13.8 Å². The van der Waals surface area contributed by atoms with Gasteiger partial charge in [0.25, 0.3) is 0 Å². The van der Waals surface area contributed by atoms with Crippen molar-refractivity contribution in [2.75, 3.05) is 107 Å². The second kappa shape index (κ2) is 36.3. The Morgan fingerprint density at radius 2 is 1.13 bits per heavy atom. The fraction of sp³-hybridized carbons (Fsp3) is 0.871. The third-order valence-electron chi connectivity index (χ3n) is 6.24. The maximum Gasteiger partial charge on any atom is 0.204 e. The number of carbonyl (C=O) groups is 2. The van der Waals surface area contributed by atoms with Crippen LogP contribution in [0.1, 0.15) is 52.4 Å². The molecule has 1 fully saturated rings. The van der Waals surface area contributed by atoms with Crippen LogP contribution in [0.2, 0.25) is 0 Å². The second-order valence-corrected chi connectivity index (χ2v) is 9.62. The van der Waals surface area contributed by atoms with Gasteiger partial charge >= 0.3 is 0 Å². The molecule has 12 nitrogen and oxygen atoms in total. The van der Waals surface area contributed by atoms with Crippen molar-refractivity contribution in [1.29, 1.82) is 0 Å². The molecule has 2 rings (SSSR count). The van der Waals surface area contributed by atoms with Crippen molar-refractivity contribution in [1.82, 2.24) is 5.32 Å². The normalized spacial score (nSPS) is 16.8. The first-order valence-electron chi connectivity index (χ1n) is 15.8. The quantitative estimate of drug-likeness (QED) is 0.0616. The monoisotopic (exact) mass is 716 g/mol. The zero-order valence-corrected chi connectivity index (χ0v) is 30.9. The van der Waals surface area contributed by atoms with Gasteiger partial charge < -0.3 is 53.6 Å². The van der Waals surface area contributed by atoms with Gasteiger partial charge in [0.1, 0.15) is 0 Å². The molecule has 0 heterocycles. The van der Waals surface area contributed by atoms with Gasteiger partial charge in [-0.15, -0.1) is 11.8 Å². The molecular formula is C31H56BN2O10Y-. The van der Waals surface area contributed by atoms with E-state index in [9.17, 15) is 9.59 Å². The number of carbonyl (C=O) groups excluding carboxylic acids is 2. The van der Waals surface area contributed by atoms with Gasteiger partial charge in [-0.3, -0.25) is 4.79 Å². The van der Waals surface area contributed by atoms with E-state index in [4.69, 9.17) is 41.0 Å². The molecule has 0 bridgehead atoms. The Balaban J connectivity index is 0. The Morgan fingerprint density at radius 1 is 0.733 bits per heavy atom. The SMILES string of the molecule is C1#CCCC2CC2CC1.CC.[B]C(=O)CC([N-]OC)C(=O)NCCOCCOCCOCCOCCOCCOCCOC.[Y]. The summed E-state index contributed by atoms with van der Waals surface area (Å²) in [5, 5.41) is 2.60. The summed E-state index contributed by atoms with van der Waals surface area (Å²) in [4.78, 5) is 27.3. The van der Waals surface area contributed by atoms with Crippen molar-refractivity contribution >= 4 is 19.4 Å². The van der Waals surface area contributed by atoms with Gasteiger partial charge in [0.2, 0.25) is 5.91 Å². The molecule has 1 amide bonds. The van der Waals surface area contributed by atoms with E-state index in [0.29, 0.717) is 85.9 Å². The molecule has 0 spiro atoms. The van der Waals surface area contributed by atoms with Crippen LogP contribution in [-0.2, 0) is 80.3 Å². The zero-order valence-electron chi connectivity index (χ0n) is 28.1. The molecule has 3 unspecified atom stereocenters. The molecule has 0 aromatic carbocycles. The van der Waals surface area contributed by atoms with Gasteiger partial charge in [-0.05, 0) is 43.6 Å². The number of rotatable bonds is 26. The fourth-order valence-corrected chi connectivity index (χ4v) is 3.91. The second-order valence-electron chi connectivity index (χ2n) is 9.62. The third-order valence-corrected chi connectivity index (χ3v) is 6.24. The van der Waals surface area contributed by atoms with Crippen molar-refractivity contribution in [3.8, 4) is 11.8 Å². The summed E-state index contributed by atoms with van der Waals surface area (Å²) < 4.78 is 37.0. The number of methoxy groups -OCH3 is 1. The molecule has 257 valence electrons. The van der Waals surface area contributed by atoms with E-state index in [0.717, 1.165) is 11.8 Å². The van der Waals surface area contributed by atoms with Crippen molar-refractivity contribution in [3.63, 3.8) is 0 Å². The molecule has 45 heavy (non-hydrogen) atoms. The molecule has 3 radical (unpaired) electrons. The summed E-state index contributed by atoms with van der Waals surface area (Å²) in [5.41, 5.74) is 2.93. The van der Waals surface area contributed by atoms with Crippen LogP contribution in [0.4, 0.5) is 0 Å². The van der Waals surface area contributed by atoms with Crippen LogP contribution < -0.4 is 5.32 Å². The zero-order chi connectivity index (χ0) is 32.5. The maximum absolute atomic E-state index is 11.9. The number of nitrogens with one attached hydrogen (secondary N) is 1. The number of amides is 1. The average molecular weight is 717 g/mol. The van der Waals surface area contributed by atoms with Crippen molar-refractivity contribution < 1.29 is 80.3 Å². The van der Waals surface area contributed by atoms with Crippen molar-refractivity contribution in [2.45, 2.75) is 58.4 Å². The molecule has 1 saturated carbocycles. The van der Waals surface area contributed by atoms with Crippen LogP contribution >= 0.6 is 0 Å². The molecule has 0 aliphatic heterocycles. The first-order chi connectivity index (χ1) is 21.6. The molecule has 3 atom stereocenters. The molecule has 14 heteroatoms. The molecule has 0 aromatic heterocycles. The van der Waals surface area contributed by atoms with Crippen molar-refractivity contribution in [3.05, 3.63) is 5.48 Å². The smallest absolute Gasteiger partial charge is 0.204 e. The van der Waals surface area contributed by atoms with Crippen LogP contribution in [0.3, 0.4) is 0 Å². The number of hydroxylamine groups is 1. The number of ether oxygens (including phenoxy) is 7. The molecule has 0 saturated heterocycles. The number of nitrogens with zero attached hydrogens (tertiary/aromatic N) is 1. The minimum atomic E-state index is -0.967. The molecule has 2 aliphatic rings. The largest absolute Gasteiger partial charge is 0.524 e. The predicted octanol–water partition coefficient (Wildman–Crippen LogP) is 2.46. The minimum absolute atomic E-state index is 0. The first kappa shape index (κ1) is 46.6. The molecule has 0 aromatic rings. The number of hydrogen-bond donors (Lipinski definition) is 1. The fourth-order valence-electron chi connectivity index (χ4n) is 3.91. The number of hydrogen-bond acceptors (Lipinski definition) is 10. The van der Waals surface area contributed by atoms with Gasteiger partial charge in [0.05, 0.1) is 91.6 Å². The van der Waals surface area contributed by atoms with Gasteiger partial charge in [-0.2, -0.15) is 0 Å². The van der Waals surface area contributed by atoms with Crippen LogP contribution in [-0.4, -0.2) is 132 Å². The van der Waals surface area contributed by atoms with Gasteiger partial charge in [0, 0.05) is 66.3 Å². The summed E-state index contributed by atoms with van der Waals surface area (Å²) in [6.07, 6.45) is 6.39. The van der Waals surface area contributed by atoms with E-state index in [1.54, 1.807) is 7.11 Å². The predicted molar refractivity (Wildman–Crippen MR) is 169 cm³/mol. The van der Waals surface area contributed by atoms with Crippen LogP contribution in [0.5, 0.6) is 0 Å². The van der Waals surface area contributed by atoms with Crippen molar-refractivity contribution in [2.24, 2.45) is 11.8 Å². The first-order valence-corrected chi connectivity index (χ1v) is 15.8. The summed E-state index contributed by atoms with van der Waals surface area (Å²) in [7, 11) is 8.00. The van der Waals surface area contributed by atoms with E-state index in [2.05, 4.69) is 27.5 Å². The third kappa shape index (κ3) is 31.9. The summed E-state index contributed by atoms with van der Waals surface area (Å²) in [6, 6.07) is -0.967. The Hall–Kier alpha value is -0.491. The Kier molecular flexibility index (Phi) is 37.7. The molecule has 2 aliphatic carbocycles. The summed E-state index contributed by atoms with van der Waals surface area (Å²) in [6.45, 7) is 10.4. The molecular weight excluding hydrogens is 660 g/mol. The topological polar surface area (TPSA) is 134 Å². The van der Waals surface area contributed by atoms with Gasteiger partial charge in [-0.25, -0.2) is 0 Å². The van der Waals surface area contributed by atoms with Gasteiger partial charge in [0.15, 0.2) is 7.85 Å². The van der Waals surface area contributed by atoms with Crippen LogP contribution in [0.15, 0.2) is 0 Å². The van der Waals surface area contributed by atoms with E-state index >= 15 is 0 Å². The summed E-state index contributed by atoms with van der Waals surface area (Å²) in [5.74, 6) is 8.10. The Bertz CT molecular complexity index is 729. The van der Waals surface area contributed by atoms with Crippen LogP contribution in [0.25, 0.3) is 5.48 Å². The molecule has 1 N–H and O–H groups in total. The number of fused-ring (bicyclic) bond motifs is 1. The summed E-state index contributed by atoms with van der Waals surface area (Å²) >= 11 is 0. The minimum Gasteiger partial charge on any atom is -0.524 e. The van der Waals surface area contributed by atoms with E-state index in [-0.39, 0.29) is 45.7 Å². The van der Waals surface area contributed by atoms with Gasteiger partial charge in [-0.1, -0.05) is 13.8 Å². The van der Waals surface area contributed by atoms with E-state index < -0.39 is 17.6 Å². The Labute approximate surface area is 298 Å². The average Bonchev–Trinajstić information content (AvgIpc) is 3.75. The van der Waals surface area contributed by atoms with Crippen LogP contribution in [0, 0.1) is 23.7 Å². The van der Waals surface area contributed by atoms with E-state index in [1.165, 1.54) is 39.2 Å². The standard InChI is InChI=1S/C20H38BN2O10.C9H12.C2H6.Y/c1-26-5-6-29-9-10-31-13-14-33-16-15-32-12-11-30-8-7-28-4-3-22-20(25)18(23-27-2)17-19(21)24;1-2-4-6-9-7-8(9)5-3-1;1-2;/h18H,3-17H2,1-2H3,(H,22,25);8-9H,3-7H2;1-2H3;/q-1;;;. The Morgan fingerprint density at radius 3 is 1.51 bits per heavy atom. The maximum atomic E-state index is 11.9.